The standard InChI is InChI=1S/C29H39N3O6S/c1-5-8-10-12-16-31(17-13-11-9-6-2)27(33)22-14-15-25(24(19-22)32(35)36)38-29-21(4)18-26(39-29)23(20-30)28(34)37-7-3/h14-15,18-19,23H,5-13,16-17H2,1-4H3. The maximum Gasteiger partial charge on any atom is 0.328 e. The van der Waals surface area contributed by atoms with Crippen LogP contribution in [0.5, 0.6) is 10.8 Å². The highest BCUT2D eigenvalue weighted by Gasteiger charge is 2.27. The van der Waals surface area contributed by atoms with E-state index < -0.39 is 16.8 Å². The number of ether oxygens (including phenoxy) is 2. The first kappa shape index (κ1) is 31.8. The van der Waals surface area contributed by atoms with Gasteiger partial charge in [0, 0.05) is 35.2 Å². The molecule has 0 saturated carbocycles. The molecule has 0 N–H and O–H groups in total. The van der Waals surface area contributed by atoms with Crippen molar-refractivity contribution in [3.05, 3.63) is 50.4 Å². The predicted molar refractivity (Wildman–Crippen MR) is 151 cm³/mol. The van der Waals surface area contributed by atoms with Crippen LogP contribution >= 0.6 is 11.3 Å². The summed E-state index contributed by atoms with van der Waals surface area (Å²) in [6.45, 7) is 9.05. The van der Waals surface area contributed by atoms with Crippen LogP contribution in [0.2, 0.25) is 0 Å². The molecule has 39 heavy (non-hydrogen) atoms. The van der Waals surface area contributed by atoms with Gasteiger partial charge in [-0.15, -0.1) is 11.3 Å². The minimum Gasteiger partial charge on any atom is -0.465 e. The summed E-state index contributed by atoms with van der Waals surface area (Å²) in [7, 11) is 0. The number of nitriles is 1. The summed E-state index contributed by atoms with van der Waals surface area (Å²) in [5, 5.41) is 21.7. The molecule has 10 heteroatoms. The van der Waals surface area contributed by atoms with Gasteiger partial charge in [-0.3, -0.25) is 19.7 Å². The second kappa shape index (κ2) is 16.5. The van der Waals surface area contributed by atoms with E-state index in [4.69, 9.17) is 9.47 Å². The van der Waals surface area contributed by atoms with E-state index in [1.807, 2.05) is 6.07 Å². The predicted octanol–water partition coefficient (Wildman–Crippen LogP) is 7.53. The lowest BCUT2D eigenvalue weighted by atomic mass is 10.1. The van der Waals surface area contributed by atoms with E-state index >= 15 is 0 Å². The van der Waals surface area contributed by atoms with E-state index in [2.05, 4.69) is 13.8 Å². The third-order valence-corrected chi connectivity index (χ3v) is 7.46. The second-order valence-electron chi connectivity index (χ2n) is 9.39. The number of carbonyl (C=O) groups is 2. The fourth-order valence-corrected chi connectivity index (χ4v) is 5.19. The highest BCUT2D eigenvalue weighted by atomic mass is 32.1. The molecule has 1 atom stereocenters. The van der Waals surface area contributed by atoms with Gasteiger partial charge in [0.1, 0.15) is 0 Å². The molecule has 0 aliphatic carbocycles. The Hall–Kier alpha value is -3.45. The number of nitro groups is 1. The molecule has 0 spiro atoms. The molecule has 212 valence electrons. The number of nitro benzene ring substituents is 1. The quantitative estimate of drug-likeness (QED) is 0.0852. The Bertz CT molecular complexity index is 1140. The van der Waals surface area contributed by atoms with Gasteiger partial charge in [0.05, 0.1) is 17.6 Å². The largest absolute Gasteiger partial charge is 0.465 e. The van der Waals surface area contributed by atoms with E-state index in [0.29, 0.717) is 28.6 Å². The number of esters is 1. The van der Waals surface area contributed by atoms with E-state index in [1.54, 1.807) is 30.9 Å². The summed E-state index contributed by atoms with van der Waals surface area (Å²) >= 11 is 1.06. The van der Waals surface area contributed by atoms with Gasteiger partial charge in [-0.25, -0.2) is 0 Å². The van der Waals surface area contributed by atoms with Crippen LogP contribution in [0, 0.1) is 28.4 Å². The molecule has 0 fully saturated rings. The Morgan fingerprint density at radius 1 is 1.05 bits per heavy atom. The van der Waals surface area contributed by atoms with Crippen molar-refractivity contribution in [3.63, 3.8) is 0 Å². The smallest absolute Gasteiger partial charge is 0.328 e. The lowest BCUT2D eigenvalue weighted by Crippen LogP contribution is -2.33. The Morgan fingerprint density at radius 3 is 2.23 bits per heavy atom. The minimum atomic E-state index is -1.11. The summed E-state index contributed by atoms with van der Waals surface area (Å²) in [6, 6.07) is 7.84. The van der Waals surface area contributed by atoms with Crippen LogP contribution in [-0.2, 0) is 9.53 Å². The molecule has 0 aliphatic heterocycles. The number of aryl methyl sites for hydroxylation is 1. The van der Waals surface area contributed by atoms with Crippen molar-refractivity contribution in [1.82, 2.24) is 4.90 Å². The average molecular weight is 558 g/mol. The van der Waals surface area contributed by atoms with Gasteiger partial charge < -0.3 is 14.4 Å². The normalized spacial score (nSPS) is 11.5. The van der Waals surface area contributed by atoms with Crippen LogP contribution in [0.3, 0.4) is 0 Å². The summed E-state index contributed by atoms with van der Waals surface area (Å²) in [6.07, 6.45) is 8.27. The fraction of sp³-hybridized carbons (Fsp3) is 0.552. The molecular weight excluding hydrogens is 518 g/mol. The first-order chi connectivity index (χ1) is 18.8. The van der Waals surface area contributed by atoms with Gasteiger partial charge >= 0.3 is 11.7 Å². The lowest BCUT2D eigenvalue weighted by Gasteiger charge is -2.23. The molecule has 9 nitrogen and oxygen atoms in total. The number of benzene rings is 1. The van der Waals surface area contributed by atoms with Crippen LogP contribution in [0.4, 0.5) is 5.69 Å². The molecule has 1 aromatic heterocycles. The first-order valence-corrected chi connectivity index (χ1v) is 14.5. The zero-order valence-corrected chi connectivity index (χ0v) is 24.2. The fourth-order valence-electron chi connectivity index (χ4n) is 4.13. The van der Waals surface area contributed by atoms with Crippen LogP contribution < -0.4 is 4.74 Å². The summed E-state index contributed by atoms with van der Waals surface area (Å²) in [5.74, 6) is -2.01. The molecule has 0 radical (unpaired) electrons. The zero-order valence-electron chi connectivity index (χ0n) is 23.4. The number of hydrogen-bond donors (Lipinski definition) is 0. The highest BCUT2D eigenvalue weighted by molar-refractivity contribution is 7.14. The average Bonchev–Trinajstić information content (AvgIpc) is 3.27. The molecule has 0 bridgehead atoms. The number of carbonyl (C=O) groups excluding carboxylic acids is 2. The van der Waals surface area contributed by atoms with Gasteiger partial charge in [0.2, 0.25) is 5.75 Å². The van der Waals surface area contributed by atoms with E-state index in [0.717, 1.165) is 62.7 Å². The third-order valence-electron chi connectivity index (χ3n) is 6.28. The monoisotopic (exact) mass is 557 g/mol. The lowest BCUT2D eigenvalue weighted by molar-refractivity contribution is -0.385. The maximum atomic E-state index is 13.4. The molecule has 2 rings (SSSR count). The molecule has 1 unspecified atom stereocenters. The van der Waals surface area contributed by atoms with E-state index in [-0.39, 0.29) is 29.5 Å². The van der Waals surface area contributed by atoms with Crippen molar-refractivity contribution in [2.45, 2.75) is 85.0 Å². The van der Waals surface area contributed by atoms with Gasteiger partial charge in [0.15, 0.2) is 11.0 Å². The van der Waals surface area contributed by atoms with Gasteiger partial charge in [-0.05, 0) is 44.9 Å². The minimum absolute atomic E-state index is 0.0184. The Kier molecular flexibility index (Phi) is 13.4. The van der Waals surface area contributed by atoms with Crippen molar-refractivity contribution in [2.24, 2.45) is 0 Å². The van der Waals surface area contributed by atoms with Crippen molar-refractivity contribution in [3.8, 4) is 16.9 Å². The van der Waals surface area contributed by atoms with Gasteiger partial charge in [-0.1, -0.05) is 52.4 Å². The number of thiophene rings is 1. The molecule has 1 amide bonds. The topological polar surface area (TPSA) is 123 Å². The SMILES string of the molecule is CCCCCCN(CCCCCC)C(=O)c1ccc(Oc2sc(C(C#N)C(=O)OCC)cc2C)c([N+](=O)[O-])c1. The van der Waals surface area contributed by atoms with E-state index in [9.17, 15) is 25.0 Å². The van der Waals surface area contributed by atoms with Crippen LogP contribution in [-0.4, -0.2) is 41.4 Å². The van der Waals surface area contributed by atoms with Crippen LogP contribution in [0.1, 0.15) is 98.9 Å². The molecule has 1 aromatic carbocycles. The maximum absolute atomic E-state index is 13.4. The van der Waals surface area contributed by atoms with Gasteiger partial charge in [-0.2, -0.15) is 5.26 Å². The molecule has 1 heterocycles. The zero-order chi connectivity index (χ0) is 28.8. The third kappa shape index (κ3) is 9.36. The number of unbranched alkanes of at least 4 members (excludes halogenated alkanes) is 6. The summed E-state index contributed by atoms with van der Waals surface area (Å²) in [5.41, 5.74) is 0.546. The second-order valence-corrected chi connectivity index (χ2v) is 10.4. The summed E-state index contributed by atoms with van der Waals surface area (Å²) in [4.78, 5) is 39.1. The first-order valence-electron chi connectivity index (χ1n) is 13.7. The van der Waals surface area contributed by atoms with Gasteiger partial charge in [0.25, 0.3) is 5.91 Å². The van der Waals surface area contributed by atoms with Crippen molar-refractivity contribution in [2.75, 3.05) is 19.7 Å². The Labute approximate surface area is 234 Å². The Balaban J connectivity index is 2.28. The molecular formula is C29H39N3O6S. The van der Waals surface area contributed by atoms with Crippen molar-refractivity contribution < 1.29 is 24.0 Å². The number of amides is 1. The molecule has 0 saturated heterocycles. The molecule has 0 aliphatic rings. The Morgan fingerprint density at radius 2 is 1.69 bits per heavy atom. The van der Waals surface area contributed by atoms with Crippen LogP contribution in [0.15, 0.2) is 24.3 Å². The number of hydrogen-bond acceptors (Lipinski definition) is 8. The van der Waals surface area contributed by atoms with E-state index in [1.165, 1.54) is 12.1 Å². The van der Waals surface area contributed by atoms with Crippen LogP contribution in [0.25, 0.3) is 0 Å². The van der Waals surface area contributed by atoms with Crippen molar-refractivity contribution >= 4 is 28.9 Å². The number of nitrogens with zero attached hydrogens (tertiary/aromatic N) is 3. The number of rotatable bonds is 17. The molecule has 2 aromatic rings. The summed E-state index contributed by atoms with van der Waals surface area (Å²) < 4.78 is 10.9. The van der Waals surface area contributed by atoms with Crippen molar-refractivity contribution in [1.29, 1.82) is 5.26 Å². The highest BCUT2D eigenvalue weighted by Crippen LogP contribution is 2.40.